The molecule has 2 saturated heterocycles. The quantitative estimate of drug-likeness (QED) is 0.812. The number of hydrogen-bond donors (Lipinski definition) is 1. The number of carbonyl (C=O) groups excluding carboxylic acids is 1. The lowest BCUT2D eigenvalue weighted by Crippen LogP contribution is -2.64. The Balaban J connectivity index is 1.51. The number of benzene rings is 1. The van der Waals surface area contributed by atoms with Gasteiger partial charge in [0.1, 0.15) is 11.3 Å². The number of amides is 1. The second kappa shape index (κ2) is 6.90. The number of ether oxygens (including phenoxy) is 1. The van der Waals surface area contributed by atoms with E-state index < -0.39 is 17.2 Å². The fourth-order valence-electron chi connectivity index (χ4n) is 3.36. The summed E-state index contributed by atoms with van der Waals surface area (Å²) in [6, 6.07) is 2.57. The van der Waals surface area contributed by atoms with Crippen molar-refractivity contribution >= 4 is 17.5 Å². The summed E-state index contributed by atoms with van der Waals surface area (Å²) in [7, 11) is 0. The lowest BCUT2D eigenvalue weighted by molar-refractivity contribution is -0.0162. The normalized spacial score (nSPS) is 19.4. The van der Waals surface area contributed by atoms with E-state index in [1.165, 1.54) is 0 Å². The molecule has 0 spiro atoms. The van der Waals surface area contributed by atoms with Gasteiger partial charge in [-0.3, -0.25) is 4.90 Å². The van der Waals surface area contributed by atoms with Crippen molar-refractivity contribution in [2.75, 3.05) is 49.9 Å². The van der Waals surface area contributed by atoms with Gasteiger partial charge < -0.3 is 20.3 Å². The number of anilines is 2. The highest BCUT2D eigenvalue weighted by Gasteiger charge is 2.38. The molecule has 0 aliphatic carbocycles. The summed E-state index contributed by atoms with van der Waals surface area (Å²) in [6.45, 7) is 9.22. The summed E-state index contributed by atoms with van der Waals surface area (Å²) >= 11 is 0. The molecule has 8 heteroatoms. The van der Waals surface area contributed by atoms with Crippen LogP contribution in [0, 0.1) is 11.6 Å². The average Bonchev–Trinajstić information content (AvgIpc) is 2.44. The molecule has 26 heavy (non-hydrogen) atoms. The monoisotopic (exact) mass is 368 g/mol. The van der Waals surface area contributed by atoms with Crippen LogP contribution < -0.4 is 10.6 Å². The van der Waals surface area contributed by atoms with Crippen LogP contribution in [0.25, 0.3) is 0 Å². The molecule has 0 radical (unpaired) electrons. The van der Waals surface area contributed by atoms with Gasteiger partial charge >= 0.3 is 6.09 Å². The summed E-state index contributed by atoms with van der Waals surface area (Å²) in [5, 5.41) is 0. The van der Waals surface area contributed by atoms with Crippen molar-refractivity contribution in [1.29, 1.82) is 0 Å². The van der Waals surface area contributed by atoms with Gasteiger partial charge in [-0.2, -0.15) is 0 Å². The van der Waals surface area contributed by atoms with Gasteiger partial charge in [-0.05, 0) is 32.9 Å². The smallest absolute Gasteiger partial charge is 0.410 e. The number of hydrogen-bond acceptors (Lipinski definition) is 5. The van der Waals surface area contributed by atoms with Gasteiger partial charge in [0, 0.05) is 51.0 Å². The number of carbonyl (C=O) groups is 1. The van der Waals surface area contributed by atoms with Crippen molar-refractivity contribution in [3.05, 3.63) is 23.8 Å². The molecule has 2 N–H and O–H groups in total. The van der Waals surface area contributed by atoms with E-state index in [0.29, 0.717) is 39.3 Å². The molecule has 2 aliphatic heterocycles. The first-order chi connectivity index (χ1) is 12.1. The minimum Gasteiger partial charge on any atom is -0.444 e. The Morgan fingerprint density at radius 1 is 1.12 bits per heavy atom. The number of rotatable bonds is 2. The van der Waals surface area contributed by atoms with E-state index in [9.17, 15) is 13.6 Å². The summed E-state index contributed by atoms with van der Waals surface area (Å²) in [5.74, 6) is -1.26. The second-order valence-corrected chi connectivity index (χ2v) is 7.90. The van der Waals surface area contributed by atoms with Crippen molar-refractivity contribution in [3.8, 4) is 0 Å². The molecule has 2 heterocycles. The first-order valence-corrected chi connectivity index (χ1v) is 8.85. The first kappa shape index (κ1) is 18.7. The molecule has 1 amide bonds. The highest BCUT2D eigenvalue weighted by molar-refractivity contribution is 5.69. The minimum atomic E-state index is -0.629. The van der Waals surface area contributed by atoms with Crippen LogP contribution in [-0.4, -0.2) is 66.8 Å². The summed E-state index contributed by atoms with van der Waals surface area (Å²) in [6.07, 6.45) is -0.293. The van der Waals surface area contributed by atoms with Gasteiger partial charge in [-0.25, -0.2) is 13.6 Å². The topological polar surface area (TPSA) is 62.0 Å². The zero-order valence-electron chi connectivity index (χ0n) is 15.5. The summed E-state index contributed by atoms with van der Waals surface area (Å²) < 4.78 is 33.5. The van der Waals surface area contributed by atoms with Gasteiger partial charge in [-0.1, -0.05) is 0 Å². The van der Waals surface area contributed by atoms with Crippen LogP contribution in [-0.2, 0) is 4.74 Å². The maximum absolute atomic E-state index is 14.1. The van der Waals surface area contributed by atoms with E-state index in [1.54, 1.807) is 9.80 Å². The number of nitrogens with two attached hydrogens (primary N) is 1. The number of nitrogens with zero attached hydrogens (tertiary/aromatic N) is 3. The Kier molecular flexibility index (Phi) is 4.96. The maximum Gasteiger partial charge on any atom is 0.410 e. The van der Waals surface area contributed by atoms with Crippen LogP contribution in [0.5, 0.6) is 0 Å². The zero-order chi connectivity index (χ0) is 19.1. The lowest BCUT2D eigenvalue weighted by Gasteiger charge is -2.48. The number of halogens is 2. The van der Waals surface area contributed by atoms with Crippen LogP contribution in [0.3, 0.4) is 0 Å². The Morgan fingerprint density at radius 3 is 2.15 bits per heavy atom. The van der Waals surface area contributed by atoms with Crippen LogP contribution in [0.4, 0.5) is 25.0 Å². The van der Waals surface area contributed by atoms with Crippen molar-refractivity contribution in [1.82, 2.24) is 9.80 Å². The van der Waals surface area contributed by atoms with Crippen LogP contribution >= 0.6 is 0 Å². The van der Waals surface area contributed by atoms with Crippen LogP contribution in [0.2, 0.25) is 0 Å². The molecule has 2 aliphatic rings. The molecule has 0 saturated carbocycles. The lowest BCUT2D eigenvalue weighted by atomic mass is 10.1. The average molecular weight is 368 g/mol. The van der Waals surface area contributed by atoms with E-state index in [-0.39, 0.29) is 23.5 Å². The number of piperazine rings is 1. The Morgan fingerprint density at radius 2 is 1.65 bits per heavy atom. The molecule has 2 fully saturated rings. The van der Waals surface area contributed by atoms with Crippen molar-refractivity contribution in [2.24, 2.45) is 0 Å². The third kappa shape index (κ3) is 4.00. The molecule has 1 aromatic carbocycles. The van der Waals surface area contributed by atoms with Crippen molar-refractivity contribution < 1.29 is 18.3 Å². The maximum atomic E-state index is 14.1. The number of likely N-dealkylation sites (tertiary alicyclic amines) is 1. The van der Waals surface area contributed by atoms with Gasteiger partial charge in [-0.15, -0.1) is 0 Å². The zero-order valence-corrected chi connectivity index (χ0v) is 15.5. The second-order valence-electron chi connectivity index (χ2n) is 7.90. The largest absolute Gasteiger partial charge is 0.444 e. The Labute approximate surface area is 152 Å². The highest BCUT2D eigenvalue weighted by atomic mass is 19.1. The van der Waals surface area contributed by atoms with E-state index in [0.717, 1.165) is 12.1 Å². The van der Waals surface area contributed by atoms with E-state index in [1.807, 2.05) is 20.8 Å². The van der Waals surface area contributed by atoms with Gasteiger partial charge in [0.05, 0.1) is 0 Å². The standard InChI is InChI=1S/C18H26F2N4O2/c1-18(2,3)26-17(25)24-10-13(11-24)22-4-6-23(7-5-22)16-14(19)8-12(21)9-15(16)20/h8-9,13H,4-7,10-11,21H2,1-3H3. The molecule has 0 aromatic heterocycles. The van der Waals surface area contributed by atoms with Crippen molar-refractivity contribution in [2.45, 2.75) is 32.4 Å². The van der Waals surface area contributed by atoms with E-state index in [4.69, 9.17) is 10.5 Å². The predicted octanol–water partition coefficient (Wildman–Crippen LogP) is 2.29. The minimum absolute atomic E-state index is 0.0113. The Bertz CT molecular complexity index is 655. The molecule has 3 rings (SSSR count). The molecule has 144 valence electrons. The van der Waals surface area contributed by atoms with Crippen molar-refractivity contribution in [3.63, 3.8) is 0 Å². The van der Waals surface area contributed by atoms with Crippen LogP contribution in [0.1, 0.15) is 20.8 Å². The van der Waals surface area contributed by atoms with E-state index >= 15 is 0 Å². The van der Waals surface area contributed by atoms with Crippen LogP contribution in [0.15, 0.2) is 12.1 Å². The van der Waals surface area contributed by atoms with E-state index in [2.05, 4.69) is 4.90 Å². The first-order valence-electron chi connectivity index (χ1n) is 8.85. The molecule has 0 unspecified atom stereocenters. The summed E-state index contributed by atoms with van der Waals surface area (Å²) in [5.41, 5.74) is 5.04. The fraction of sp³-hybridized carbons (Fsp3) is 0.611. The molecular weight excluding hydrogens is 342 g/mol. The van der Waals surface area contributed by atoms with Gasteiger partial charge in [0.25, 0.3) is 0 Å². The molecular formula is C18H26F2N4O2. The summed E-state index contributed by atoms with van der Waals surface area (Å²) in [4.78, 5) is 17.6. The molecule has 6 nitrogen and oxygen atoms in total. The highest BCUT2D eigenvalue weighted by Crippen LogP contribution is 2.28. The molecule has 0 bridgehead atoms. The SMILES string of the molecule is CC(C)(C)OC(=O)N1CC(N2CCN(c3c(F)cc(N)cc3F)CC2)C1. The molecule has 0 atom stereocenters. The predicted molar refractivity (Wildman–Crippen MR) is 96.2 cm³/mol. The van der Waals surface area contributed by atoms with Gasteiger partial charge in [0.2, 0.25) is 0 Å². The Hall–Kier alpha value is -2.09. The fourth-order valence-corrected chi connectivity index (χ4v) is 3.36. The third-order valence-corrected chi connectivity index (χ3v) is 4.70. The van der Waals surface area contributed by atoms with Gasteiger partial charge in [0.15, 0.2) is 11.6 Å². The number of nitrogen functional groups attached to an aromatic ring is 1. The molecule has 1 aromatic rings. The third-order valence-electron chi connectivity index (χ3n) is 4.70.